The molecule has 3 aromatic rings. The minimum absolute atomic E-state index is 0.0280. The number of hydrogen-bond acceptors (Lipinski definition) is 5. The predicted octanol–water partition coefficient (Wildman–Crippen LogP) is 4.52. The van der Waals surface area contributed by atoms with Crippen LogP contribution in [0.2, 0.25) is 0 Å². The lowest BCUT2D eigenvalue weighted by atomic mass is 10.2. The molecular weight excluding hydrogens is 376 g/mol. The first-order chi connectivity index (χ1) is 13.3. The van der Waals surface area contributed by atoms with Crippen LogP contribution in [0.5, 0.6) is 0 Å². The van der Waals surface area contributed by atoms with Crippen molar-refractivity contribution in [3.05, 3.63) is 76.1 Å². The van der Waals surface area contributed by atoms with Crippen molar-refractivity contribution in [3.63, 3.8) is 0 Å². The van der Waals surface area contributed by atoms with Crippen LogP contribution in [0.15, 0.2) is 59.5 Å². The topological polar surface area (TPSA) is 90.1 Å². The van der Waals surface area contributed by atoms with Crippen LogP contribution in [0, 0.1) is 24.0 Å². The lowest BCUT2D eigenvalue weighted by Crippen LogP contribution is -2.23. The molecule has 0 saturated heterocycles. The van der Waals surface area contributed by atoms with Gasteiger partial charge >= 0.3 is 0 Å². The Labute approximate surface area is 166 Å². The van der Waals surface area contributed by atoms with Crippen LogP contribution in [0.25, 0.3) is 5.69 Å². The highest BCUT2D eigenvalue weighted by atomic mass is 32.2. The molecule has 0 bridgehead atoms. The number of hydrogen-bond donors (Lipinski definition) is 1. The highest BCUT2D eigenvalue weighted by molar-refractivity contribution is 8.00. The molecule has 1 aromatic heterocycles. The van der Waals surface area contributed by atoms with Crippen LogP contribution in [0.1, 0.15) is 18.3 Å². The van der Waals surface area contributed by atoms with Crippen molar-refractivity contribution in [2.24, 2.45) is 0 Å². The molecule has 0 fully saturated rings. The van der Waals surface area contributed by atoms with E-state index in [0.29, 0.717) is 5.69 Å². The molecular formula is C20H20N4O3S. The maximum absolute atomic E-state index is 12.7. The number of thioether (sulfide) groups is 1. The van der Waals surface area contributed by atoms with Gasteiger partial charge in [0.15, 0.2) is 0 Å². The van der Waals surface area contributed by atoms with Crippen molar-refractivity contribution in [1.29, 1.82) is 0 Å². The molecule has 7 nitrogen and oxygen atoms in total. The third-order valence-electron chi connectivity index (χ3n) is 4.13. The number of nitro groups is 1. The summed E-state index contributed by atoms with van der Waals surface area (Å²) in [6.45, 7) is 5.69. The van der Waals surface area contributed by atoms with E-state index in [1.54, 1.807) is 23.7 Å². The van der Waals surface area contributed by atoms with Gasteiger partial charge in [-0.05, 0) is 51.1 Å². The zero-order valence-corrected chi connectivity index (χ0v) is 16.6. The molecule has 1 amide bonds. The van der Waals surface area contributed by atoms with Crippen molar-refractivity contribution >= 4 is 29.0 Å². The third-order valence-corrected chi connectivity index (χ3v) is 5.24. The normalized spacial score (nSPS) is 11.8. The molecule has 28 heavy (non-hydrogen) atoms. The first kappa shape index (κ1) is 19.6. The number of aromatic nitrogens is 2. The van der Waals surface area contributed by atoms with Gasteiger partial charge in [0.05, 0.1) is 27.2 Å². The Hall–Kier alpha value is -3.13. The second kappa shape index (κ2) is 8.26. The zero-order chi connectivity index (χ0) is 20.3. The second-order valence-corrected chi connectivity index (χ2v) is 7.77. The number of rotatable bonds is 6. The maximum atomic E-state index is 12.7. The van der Waals surface area contributed by atoms with Crippen LogP contribution >= 0.6 is 11.8 Å². The van der Waals surface area contributed by atoms with Gasteiger partial charge in [0.25, 0.3) is 5.69 Å². The Morgan fingerprint density at radius 3 is 2.46 bits per heavy atom. The fourth-order valence-corrected chi connectivity index (χ4v) is 3.64. The van der Waals surface area contributed by atoms with Crippen LogP contribution < -0.4 is 5.32 Å². The summed E-state index contributed by atoms with van der Waals surface area (Å²) in [6.07, 6.45) is 0. The number of nitrogens with one attached hydrogen (secondary N) is 1. The van der Waals surface area contributed by atoms with Crippen LogP contribution in [0.3, 0.4) is 0 Å². The molecule has 0 aliphatic carbocycles. The molecule has 0 saturated carbocycles. The van der Waals surface area contributed by atoms with Crippen molar-refractivity contribution in [2.75, 3.05) is 5.32 Å². The minimum Gasteiger partial charge on any atom is -0.323 e. The Kier molecular flexibility index (Phi) is 5.79. The number of carbonyl (C=O) groups is 1. The fourth-order valence-electron chi connectivity index (χ4n) is 2.78. The SMILES string of the molecule is Cc1cc(C)n(-c2ccccc2NC(=O)C(C)Sc2ccc([N+](=O)[O-])cc2)n1. The number of aryl methyl sites for hydroxylation is 2. The van der Waals surface area contributed by atoms with Gasteiger partial charge in [-0.1, -0.05) is 12.1 Å². The molecule has 0 aliphatic rings. The summed E-state index contributed by atoms with van der Waals surface area (Å²) in [7, 11) is 0. The largest absolute Gasteiger partial charge is 0.323 e. The zero-order valence-electron chi connectivity index (χ0n) is 15.7. The number of non-ortho nitro benzene ring substituents is 1. The van der Waals surface area contributed by atoms with E-state index in [2.05, 4.69) is 10.4 Å². The number of para-hydroxylation sites is 2. The molecule has 3 rings (SSSR count). The van der Waals surface area contributed by atoms with E-state index in [1.165, 1.54) is 23.9 Å². The van der Waals surface area contributed by atoms with Crippen molar-refractivity contribution in [2.45, 2.75) is 30.9 Å². The smallest absolute Gasteiger partial charge is 0.269 e. The average molecular weight is 396 g/mol. The first-order valence-electron chi connectivity index (χ1n) is 8.70. The van der Waals surface area contributed by atoms with E-state index in [0.717, 1.165) is 22.0 Å². The van der Waals surface area contributed by atoms with E-state index in [4.69, 9.17) is 0 Å². The molecule has 8 heteroatoms. The highest BCUT2D eigenvalue weighted by Crippen LogP contribution is 2.27. The lowest BCUT2D eigenvalue weighted by Gasteiger charge is -2.15. The van der Waals surface area contributed by atoms with Gasteiger partial charge in [-0.25, -0.2) is 4.68 Å². The molecule has 1 atom stereocenters. The maximum Gasteiger partial charge on any atom is 0.269 e. The van der Waals surface area contributed by atoms with E-state index in [-0.39, 0.29) is 16.8 Å². The predicted molar refractivity (Wildman–Crippen MR) is 110 cm³/mol. The summed E-state index contributed by atoms with van der Waals surface area (Å²) >= 11 is 1.34. The van der Waals surface area contributed by atoms with Crippen LogP contribution in [-0.2, 0) is 4.79 Å². The van der Waals surface area contributed by atoms with Gasteiger partial charge < -0.3 is 5.32 Å². The Morgan fingerprint density at radius 1 is 1.18 bits per heavy atom. The number of nitro benzene ring substituents is 1. The molecule has 1 N–H and O–H groups in total. The summed E-state index contributed by atoms with van der Waals surface area (Å²) < 4.78 is 1.80. The molecule has 144 valence electrons. The van der Waals surface area contributed by atoms with Crippen LogP contribution in [-0.4, -0.2) is 25.9 Å². The summed E-state index contributed by atoms with van der Waals surface area (Å²) in [5.41, 5.74) is 3.39. The van der Waals surface area contributed by atoms with E-state index >= 15 is 0 Å². The van der Waals surface area contributed by atoms with E-state index in [1.807, 2.05) is 44.2 Å². The van der Waals surface area contributed by atoms with Crippen molar-refractivity contribution in [1.82, 2.24) is 9.78 Å². The van der Waals surface area contributed by atoms with Crippen molar-refractivity contribution < 1.29 is 9.72 Å². The quantitative estimate of drug-likeness (QED) is 0.376. The molecule has 2 aromatic carbocycles. The first-order valence-corrected chi connectivity index (χ1v) is 9.58. The van der Waals surface area contributed by atoms with Gasteiger partial charge in [0, 0.05) is 22.7 Å². The van der Waals surface area contributed by atoms with E-state index < -0.39 is 4.92 Å². The lowest BCUT2D eigenvalue weighted by molar-refractivity contribution is -0.384. The standard InChI is InChI=1S/C20H20N4O3S/c1-13-12-14(2)23(22-13)19-7-5-4-6-18(19)21-20(25)15(3)28-17-10-8-16(9-11-17)24(26)27/h4-12,15H,1-3H3,(H,21,25). The van der Waals surface area contributed by atoms with Gasteiger partial charge in [-0.2, -0.15) is 5.10 Å². The number of anilines is 1. The monoisotopic (exact) mass is 396 g/mol. The molecule has 1 heterocycles. The van der Waals surface area contributed by atoms with Gasteiger partial charge in [-0.15, -0.1) is 11.8 Å². The molecule has 1 unspecified atom stereocenters. The number of benzene rings is 2. The second-order valence-electron chi connectivity index (χ2n) is 6.36. The molecule has 0 radical (unpaired) electrons. The number of carbonyl (C=O) groups excluding carboxylic acids is 1. The van der Waals surface area contributed by atoms with Gasteiger partial charge in [-0.3, -0.25) is 14.9 Å². The van der Waals surface area contributed by atoms with Gasteiger partial charge in [0.1, 0.15) is 0 Å². The summed E-state index contributed by atoms with van der Waals surface area (Å²) in [5.74, 6) is -0.155. The van der Waals surface area contributed by atoms with Crippen molar-refractivity contribution in [3.8, 4) is 5.69 Å². The molecule has 0 aliphatic heterocycles. The van der Waals surface area contributed by atoms with Gasteiger partial charge in [0.2, 0.25) is 5.91 Å². The summed E-state index contributed by atoms with van der Waals surface area (Å²) in [4.78, 5) is 23.8. The third kappa shape index (κ3) is 4.40. The average Bonchev–Trinajstić information content (AvgIpc) is 3.00. The Morgan fingerprint density at radius 2 is 1.86 bits per heavy atom. The Balaban J connectivity index is 1.74. The summed E-state index contributed by atoms with van der Waals surface area (Å²) in [5, 5.41) is 17.8. The minimum atomic E-state index is -0.444. The number of nitrogens with zero attached hydrogens (tertiary/aromatic N) is 3. The fraction of sp³-hybridized carbons (Fsp3) is 0.200. The van der Waals surface area contributed by atoms with E-state index in [9.17, 15) is 14.9 Å². The van der Waals surface area contributed by atoms with Crippen LogP contribution in [0.4, 0.5) is 11.4 Å². The number of amides is 1. The molecule has 0 spiro atoms. The highest BCUT2D eigenvalue weighted by Gasteiger charge is 2.18. The Bertz CT molecular complexity index is 1010. The summed E-state index contributed by atoms with van der Waals surface area (Å²) in [6, 6.07) is 15.7.